The molecule has 0 saturated carbocycles. The number of ketones is 1. The summed E-state index contributed by atoms with van der Waals surface area (Å²) in [5, 5.41) is 9.02. The molecule has 0 spiro atoms. The number of benzene rings is 1. The first-order valence-corrected chi connectivity index (χ1v) is 6.35. The number of carbonyl (C=O) groups excluding carboxylic acids is 2. The zero-order valence-corrected chi connectivity index (χ0v) is 11.8. The zero-order chi connectivity index (χ0) is 14.9. The molecule has 5 heteroatoms. The third-order valence-electron chi connectivity index (χ3n) is 3.44. The molecule has 0 radical (unpaired) electrons. The van der Waals surface area contributed by atoms with Crippen LogP contribution < -0.4 is 9.64 Å². The van der Waals surface area contributed by atoms with Crippen LogP contribution in [0.5, 0.6) is 5.75 Å². The molecule has 20 heavy (non-hydrogen) atoms. The number of fused-ring (bicyclic) bond motifs is 1. The predicted molar refractivity (Wildman–Crippen MR) is 73.7 cm³/mol. The molecule has 1 aliphatic heterocycles. The van der Waals surface area contributed by atoms with Crippen molar-refractivity contribution in [2.24, 2.45) is 5.41 Å². The summed E-state index contributed by atoms with van der Waals surface area (Å²) in [4.78, 5) is 25.4. The van der Waals surface area contributed by atoms with Crippen molar-refractivity contribution in [1.82, 2.24) is 0 Å². The largest absolute Gasteiger partial charge is 0.497 e. The van der Waals surface area contributed by atoms with E-state index in [2.05, 4.69) is 6.07 Å². The van der Waals surface area contributed by atoms with Crippen molar-refractivity contribution < 1.29 is 14.3 Å². The molecule has 0 fully saturated rings. The van der Waals surface area contributed by atoms with Crippen LogP contribution in [-0.2, 0) is 4.79 Å². The van der Waals surface area contributed by atoms with Crippen LogP contribution in [0.25, 0.3) is 0 Å². The van der Waals surface area contributed by atoms with Gasteiger partial charge < -0.3 is 9.64 Å². The highest BCUT2D eigenvalue weighted by Crippen LogP contribution is 2.33. The van der Waals surface area contributed by atoms with Gasteiger partial charge in [0.05, 0.1) is 29.8 Å². The normalized spacial score (nSPS) is 14.2. The van der Waals surface area contributed by atoms with Crippen molar-refractivity contribution in [2.45, 2.75) is 20.3 Å². The lowest BCUT2D eigenvalue weighted by molar-refractivity contribution is -0.114. The maximum absolute atomic E-state index is 12.0. The second-order valence-corrected chi connectivity index (χ2v) is 5.41. The molecule has 0 bridgehead atoms. The monoisotopic (exact) mass is 272 g/mol. The van der Waals surface area contributed by atoms with Crippen LogP contribution in [0.3, 0.4) is 0 Å². The minimum absolute atomic E-state index is 0.339. The Kier molecular flexibility index (Phi) is 3.49. The summed E-state index contributed by atoms with van der Waals surface area (Å²) in [5.74, 6) is -0.449. The van der Waals surface area contributed by atoms with Crippen molar-refractivity contribution in [3.05, 3.63) is 23.8 Å². The van der Waals surface area contributed by atoms with E-state index in [1.54, 1.807) is 18.2 Å². The molecular weight excluding hydrogens is 256 g/mol. The van der Waals surface area contributed by atoms with Crippen molar-refractivity contribution in [3.8, 4) is 11.8 Å². The Morgan fingerprint density at radius 1 is 1.35 bits per heavy atom. The average Bonchev–Trinajstić information content (AvgIpc) is 2.68. The molecule has 2 rings (SSSR count). The maximum atomic E-state index is 12.0. The van der Waals surface area contributed by atoms with Crippen LogP contribution in [0.2, 0.25) is 0 Å². The molecule has 1 amide bonds. The van der Waals surface area contributed by atoms with E-state index < -0.39 is 17.1 Å². The lowest BCUT2D eigenvalue weighted by Gasteiger charge is -2.21. The minimum Gasteiger partial charge on any atom is -0.497 e. The first-order valence-electron chi connectivity index (χ1n) is 6.35. The third kappa shape index (κ3) is 2.37. The molecule has 0 saturated heterocycles. The van der Waals surface area contributed by atoms with Gasteiger partial charge >= 0.3 is 0 Å². The average molecular weight is 272 g/mol. The van der Waals surface area contributed by atoms with Gasteiger partial charge in [-0.15, -0.1) is 0 Å². The molecular formula is C15H16N2O3. The zero-order valence-electron chi connectivity index (χ0n) is 11.8. The fraction of sp³-hybridized carbons (Fsp3) is 0.400. The number of Topliss-reactive ketones (excluding diaryl/α,β-unsaturated/α-hetero) is 1. The van der Waals surface area contributed by atoms with Gasteiger partial charge in [-0.1, -0.05) is 0 Å². The smallest absolute Gasteiger partial charge is 0.299 e. The standard InChI is InChI=1S/C15H16N2O3/c1-15(2,9-16)6-7-17-12-8-10(20-3)4-5-11(12)13(18)14(17)19/h4-5,8H,6-7H2,1-3H3. The summed E-state index contributed by atoms with van der Waals surface area (Å²) in [5.41, 5.74) is 0.420. The quantitative estimate of drug-likeness (QED) is 0.787. The molecule has 1 heterocycles. The van der Waals surface area contributed by atoms with Gasteiger partial charge in [-0.3, -0.25) is 9.59 Å². The maximum Gasteiger partial charge on any atom is 0.299 e. The fourth-order valence-electron chi connectivity index (χ4n) is 2.07. The number of carbonyl (C=O) groups is 2. The highest BCUT2D eigenvalue weighted by Gasteiger charge is 2.36. The van der Waals surface area contributed by atoms with Gasteiger partial charge in [0.1, 0.15) is 5.75 Å². The Morgan fingerprint density at radius 3 is 2.65 bits per heavy atom. The number of amides is 1. The lowest BCUT2D eigenvalue weighted by atomic mass is 9.91. The summed E-state index contributed by atoms with van der Waals surface area (Å²) in [7, 11) is 1.53. The Labute approximate surface area is 117 Å². The number of ether oxygens (including phenoxy) is 1. The van der Waals surface area contributed by atoms with Crippen LogP contribution in [0.1, 0.15) is 30.6 Å². The predicted octanol–water partition coefficient (Wildman–Crippen LogP) is 2.16. The Morgan fingerprint density at radius 2 is 2.05 bits per heavy atom. The summed E-state index contributed by atoms with van der Waals surface area (Å²) in [6, 6.07) is 7.13. The molecule has 5 nitrogen and oxygen atoms in total. The van der Waals surface area contributed by atoms with E-state index in [1.165, 1.54) is 12.0 Å². The van der Waals surface area contributed by atoms with Crippen molar-refractivity contribution in [1.29, 1.82) is 5.26 Å². The second-order valence-electron chi connectivity index (χ2n) is 5.41. The SMILES string of the molecule is COc1ccc2c(c1)N(CCC(C)(C)C#N)C(=O)C2=O. The molecule has 1 aliphatic rings. The molecule has 0 aromatic heterocycles. The van der Waals surface area contributed by atoms with Crippen molar-refractivity contribution in [3.63, 3.8) is 0 Å². The van der Waals surface area contributed by atoms with E-state index in [4.69, 9.17) is 10.00 Å². The van der Waals surface area contributed by atoms with Gasteiger partial charge in [-0.2, -0.15) is 5.26 Å². The molecule has 104 valence electrons. The van der Waals surface area contributed by atoms with Crippen molar-refractivity contribution >= 4 is 17.4 Å². The number of hydrogen-bond donors (Lipinski definition) is 0. The number of nitrogens with zero attached hydrogens (tertiary/aromatic N) is 2. The minimum atomic E-state index is -0.540. The molecule has 1 aromatic rings. The van der Waals surface area contributed by atoms with Crippen molar-refractivity contribution in [2.75, 3.05) is 18.6 Å². The van der Waals surface area contributed by atoms with E-state index >= 15 is 0 Å². The molecule has 0 unspecified atom stereocenters. The molecule has 0 aliphatic carbocycles. The topological polar surface area (TPSA) is 70.4 Å². The van der Waals surface area contributed by atoms with Gasteiger partial charge in [0.15, 0.2) is 0 Å². The number of anilines is 1. The van der Waals surface area contributed by atoms with E-state index in [0.717, 1.165) is 0 Å². The van der Waals surface area contributed by atoms with Gasteiger partial charge in [-0.05, 0) is 32.4 Å². The van der Waals surface area contributed by atoms with Gasteiger partial charge in [0.2, 0.25) is 0 Å². The van der Waals surface area contributed by atoms with Gasteiger partial charge in [-0.25, -0.2) is 0 Å². The van der Waals surface area contributed by atoms with E-state index in [-0.39, 0.29) is 0 Å². The number of rotatable bonds is 4. The summed E-state index contributed by atoms with van der Waals surface area (Å²) < 4.78 is 5.12. The molecule has 1 aromatic carbocycles. The Hall–Kier alpha value is -2.35. The van der Waals surface area contributed by atoms with E-state index in [9.17, 15) is 9.59 Å². The Balaban J connectivity index is 2.30. The van der Waals surface area contributed by atoms with Gasteiger partial charge in [0.25, 0.3) is 11.7 Å². The third-order valence-corrected chi connectivity index (χ3v) is 3.44. The fourth-order valence-corrected chi connectivity index (χ4v) is 2.07. The van der Waals surface area contributed by atoms with Crippen LogP contribution in [0.15, 0.2) is 18.2 Å². The summed E-state index contributed by atoms with van der Waals surface area (Å²) in [6.45, 7) is 3.95. The molecule has 0 N–H and O–H groups in total. The van der Waals surface area contributed by atoms with Crippen LogP contribution in [0.4, 0.5) is 5.69 Å². The Bertz CT molecular complexity index is 614. The lowest BCUT2D eigenvalue weighted by Crippen LogP contribution is -2.32. The highest BCUT2D eigenvalue weighted by atomic mass is 16.5. The first kappa shape index (κ1) is 14.1. The number of nitriles is 1. The van der Waals surface area contributed by atoms with E-state index in [1.807, 2.05) is 13.8 Å². The highest BCUT2D eigenvalue weighted by molar-refractivity contribution is 6.52. The summed E-state index contributed by atoms with van der Waals surface area (Å²) >= 11 is 0. The van der Waals surface area contributed by atoms with Crippen LogP contribution in [-0.4, -0.2) is 25.3 Å². The van der Waals surface area contributed by atoms with Crippen LogP contribution >= 0.6 is 0 Å². The molecule has 0 atom stereocenters. The van der Waals surface area contributed by atoms with E-state index in [0.29, 0.717) is 30.0 Å². The number of hydrogen-bond acceptors (Lipinski definition) is 4. The second kappa shape index (κ2) is 4.97. The first-order chi connectivity index (χ1) is 9.39. The van der Waals surface area contributed by atoms with Gasteiger partial charge in [0, 0.05) is 12.6 Å². The van der Waals surface area contributed by atoms with Crippen LogP contribution in [0, 0.1) is 16.7 Å². The summed E-state index contributed by atoms with van der Waals surface area (Å²) in [6.07, 6.45) is 0.499. The number of methoxy groups -OCH3 is 1.